The highest BCUT2D eigenvalue weighted by atomic mass is 35.5. The molecule has 0 saturated carbocycles. The minimum atomic E-state index is -0.590. The van der Waals surface area contributed by atoms with Crippen LogP contribution in [0.15, 0.2) is 18.2 Å². The number of rotatable bonds is 5. The fraction of sp³-hybridized carbons (Fsp3) is 0.533. The van der Waals surface area contributed by atoms with Gasteiger partial charge in [-0.15, -0.1) is 0 Å². The minimum absolute atomic E-state index is 0.0430. The molecule has 0 radical (unpaired) electrons. The molecular weight excluding hydrogens is 306 g/mol. The van der Waals surface area contributed by atoms with E-state index in [1.165, 1.54) is 31.0 Å². The van der Waals surface area contributed by atoms with Gasteiger partial charge in [0, 0.05) is 30.7 Å². The number of hydrogen-bond acceptors (Lipinski definition) is 4. The lowest BCUT2D eigenvalue weighted by atomic mass is 10.0. The summed E-state index contributed by atoms with van der Waals surface area (Å²) in [5.74, 6) is 0.246. The second-order valence-electron chi connectivity index (χ2n) is 5.72. The first-order valence-electron chi connectivity index (χ1n) is 7.42. The summed E-state index contributed by atoms with van der Waals surface area (Å²) >= 11 is 5.74. The van der Waals surface area contributed by atoms with Crippen LogP contribution >= 0.6 is 11.6 Å². The van der Waals surface area contributed by atoms with Crippen LogP contribution in [0.3, 0.4) is 0 Å². The first-order chi connectivity index (χ1) is 10.5. The highest BCUT2D eigenvalue weighted by Crippen LogP contribution is 2.23. The van der Waals surface area contributed by atoms with Crippen molar-refractivity contribution in [2.24, 2.45) is 5.92 Å². The fourth-order valence-corrected chi connectivity index (χ4v) is 2.93. The minimum Gasteiger partial charge on any atom is -0.351 e. The maximum atomic E-state index is 12.1. The van der Waals surface area contributed by atoms with Crippen LogP contribution in [0, 0.1) is 16.0 Å². The summed E-state index contributed by atoms with van der Waals surface area (Å²) in [7, 11) is 0. The molecule has 0 spiro atoms. The topological polar surface area (TPSA) is 75.5 Å². The fourth-order valence-electron chi connectivity index (χ4n) is 2.76. The molecule has 1 atom stereocenters. The molecule has 1 unspecified atom stereocenters. The van der Waals surface area contributed by atoms with E-state index >= 15 is 0 Å². The van der Waals surface area contributed by atoms with E-state index in [1.54, 1.807) is 0 Å². The van der Waals surface area contributed by atoms with Crippen LogP contribution in [-0.4, -0.2) is 41.9 Å². The van der Waals surface area contributed by atoms with Crippen molar-refractivity contribution in [2.75, 3.05) is 26.2 Å². The summed E-state index contributed by atoms with van der Waals surface area (Å²) in [6.45, 7) is 5.54. The van der Waals surface area contributed by atoms with Gasteiger partial charge in [0.25, 0.3) is 11.6 Å². The Morgan fingerprint density at radius 2 is 2.32 bits per heavy atom. The molecule has 0 bridgehead atoms. The molecule has 1 aromatic rings. The Morgan fingerprint density at radius 3 is 3.00 bits per heavy atom. The zero-order chi connectivity index (χ0) is 16.1. The third-order valence-electron chi connectivity index (χ3n) is 3.86. The molecule has 1 aliphatic rings. The highest BCUT2D eigenvalue weighted by Gasteiger charge is 2.21. The van der Waals surface area contributed by atoms with Crippen molar-refractivity contribution in [1.29, 1.82) is 0 Å². The summed E-state index contributed by atoms with van der Waals surface area (Å²) in [5.41, 5.74) is -0.224. The van der Waals surface area contributed by atoms with Gasteiger partial charge < -0.3 is 10.2 Å². The Morgan fingerprint density at radius 1 is 1.55 bits per heavy atom. The van der Waals surface area contributed by atoms with Crippen molar-refractivity contribution in [2.45, 2.75) is 19.8 Å². The summed E-state index contributed by atoms with van der Waals surface area (Å²) in [6, 6.07) is 4.07. The molecule has 6 nitrogen and oxygen atoms in total. The van der Waals surface area contributed by atoms with Crippen molar-refractivity contribution in [3.05, 3.63) is 38.9 Å². The van der Waals surface area contributed by atoms with Crippen molar-refractivity contribution in [3.63, 3.8) is 0 Å². The standard InChI is InChI=1S/C15H20ClN3O3/c1-11-3-2-7-18(10-11)8-6-17-15(20)13-5-4-12(16)9-14(13)19(21)22/h4-5,9,11H,2-3,6-8,10H2,1H3,(H,17,20). The molecule has 1 saturated heterocycles. The smallest absolute Gasteiger partial charge is 0.283 e. The molecule has 1 amide bonds. The van der Waals surface area contributed by atoms with E-state index < -0.39 is 10.8 Å². The number of benzene rings is 1. The molecule has 2 rings (SSSR count). The molecular formula is C15H20ClN3O3. The molecule has 1 fully saturated rings. The van der Waals surface area contributed by atoms with Gasteiger partial charge in [-0.1, -0.05) is 18.5 Å². The van der Waals surface area contributed by atoms with E-state index in [9.17, 15) is 14.9 Å². The average Bonchev–Trinajstić information content (AvgIpc) is 2.47. The van der Waals surface area contributed by atoms with E-state index in [0.717, 1.165) is 19.6 Å². The lowest BCUT2D eigenvalue weighted by Crippen LogP contribution is -2.40. The predicted octanol–water partition coefficient (Wildman–Crippen LogP) is 2.71. The zero-order valence-electron chi connectivity index (χ0n) is 12.5. The molecule has 7 heteroatoms. The maximum absolute atomic E-state index is 12.1. The van der Waals surface area contributed by atoms with Gasteiger partial charge in [0.2, 0.25) is 0 Å². The van der Waals surface area contributed by atoms with Crippen LogP contribution in [0.5, 0.6) is 0 Å². The van der Waals surface area contributed by atoms with Gasteiger partial charge in [0.05, 0.1) is 4.92 Å². The van der Waals surface area contributed by atoms with E-state index in [0.29, 0.717) is 12.5 Å². The average molecular weight is 326 g/mol. The largest absolute Gasteiger partial charge is 0.351 e. The van der Waals surface area contributed by atoms with Crippen molar-refractivity contribution < 1.29 is 9.72 Å². The lowest BCUT2D eigenvalue weighted by Gasteiger charge is -2.30. The number of halogens is 1. The number of piperidine rings is 1. The number of nitrogens with zero attached hydrogens (tertiary/aromatic N) is 2. The van der Waals surface area contributed by atoms with E-state index in [1.807, 2.05) is 0 Å². The van der Waals surface area contributed by atoms with E-state index in [4.69, 9.17) is 11.6 Å². The van der Waals surface area contributed by atoms with Gasteiger partial charge in [-0.25, -0.2) is 0 Å². The van der Waals surface area contributed by atoms with Crippen molar-refractivity contribution in [3.8, 4) is 0 Å². The number of hydrogen-bond donors (Lipinski definition) is 1. The summed E-state index contributed by atoms with van der Waals surface area (Å²) < 4.78 is 0. The van der Waals surface area contributed by atoms with Gasteiger partial charge in [0.1, 0.15) is 5.56 Å². The monoisotopic (exact) mass is 325 g/mol. The Balaban J connectivity index is 1.91. The SMILES string of the molecule is CC1CCCN(CCNC(=O)c2ccc(Cl)cc2[N+](=O)[O-])C1. The van der Waals surface area contributed by atoms with Crippen molar-refractivity contribution >= 4 is 23.2 Å². The number of nitro groups is 1. The first kappa shape index (κ1) is 16.7. The highest BCUT2D eigenvalue weighted by molar-refractivity contribution is 6.31. The van der Waals surface area contributed by atoms with Gasteiger partial charge in [-0.3, -0.25) is 14.9 Å². The number of nitrogens with one attached hydrogen (secondary N) is 1. The Bertz CT molecular complexity index is 565. The molecule has 1 aliphatic heterocycles. The summed E-state index contributed by atoms with van der Waals surface area (Å²) in [6.07, 6.45) is 2.43. The second-order valence-corrected chi connectivity index (χ2v) is 6.16. The quantitative estimate of drug-likeness (QED) is 0.667. The van der Waals surface area contributed by atoms with Gasteiger partial charge in [-0.2, -0.15) is 0 Å². The zero-order valence-corrected chi connectivity index (χ0v) is 13.3. The molecule has 0 aromatic heterocycles. The number of carbonyl (C=O) groups excluding carboxylic acids is 1. The first-order valence-corrected chi connectivity index (χ1v) is 7.79. The molecule has 1 N–H and O–H groups in total. The normalized spacial score (nSPS) is 18.9. The second kappa shape index (κ2) is 7.56. The predicted molar refractivity (Wildman–Crippen MR) is 85.3 cm³/mol. The number of nitro benzene ring substituents is 1. The van der Waals surface area contributed by atoms with Gasteiger partial charge >= 0.3 is 0 Å². The number of amides is 1. The molecule has 0 aliphatic carbocycles. The van der Waals surface area contributed by atoms with Crippen LogP contribution in [0.25, 0.3) is 0 Å². The lowest BCUT2D eigenvalue weighted by molar-refractivity contribution is -0.385. The van der Waals surface area contributed by atoms with E-state index in [2.05, 4.69) is 17.1 Å². The summed E-state index contributed by atoms with van der Waals surface area (Å²) in [5, 5.41) is 14.0. The Kier molecular flexibility index (Phi) is 5.74. The molecule has 120 valence electrons. The van der Waals surface area contributed by atoms with Gasteiger partial charge in [0.15, 0.2) is 0 Å². The molecule has 1 heterocycles. The Hall–Kier alpha value is -1.66. The maximum Gasteiger partial charge on any atom is 0.283 e. The van der Waals surface area contributed by atoms with Crippen molar-refractivity contribution in [1.82, 2.24) is 10.2 Å². The Labute approximate surface area is 134 Å². The molecule has 22 heavy (non-hydrogen) atoms. The van der Waals surface area contributed by atoms with Crippen LogP contribution in [0.4, 0.5) is 5.69 Å². The number of likely N-dealkylation sites (tertiary alicyclic amines) is 1. The van der Waals surface area contributed by atoms with Crippen LogP contribution in [-0.2, 0) is 0 Å². The third kappa shape index (κ3) is 4.42. The molecule has 1 aromatic carbocycles. The summed E-state index contributed by atoms with van der Waals surface area (Å²) in [4.78, 5) is 24.8. The van der Waals surface area contributed by atoms with Crippen LogP contribution < -0.4 is 5.32 Å². The van der Waals surface area contributed by atoms with E-state index in [-0.39, 0.29) is 16.3 Å². The number of carbonyl (C=O) groups is 1. The van der Waals surface area contributed by atoms with Gasteiger partial charge in [-0.05, 0) is 37.4 Å². The van der Waals surface area contributed by atoms with Crippen LogP contribution in [0.2, 0.25) is 5.02 Å². The third-order valence-corrected chi connectivity index (χ3v) is 4.09. The van der Waals surface area contributed by atoms with Crippen LogP contribution in [0.1, 0.15) is 30.1 Å².